The molecule has 1 N–H and O–H groups in total. The molecule has 0 radical (unpaired) electrons. The first kappa shape index (κ1) is 14.6. The summed E-state index contributed by atoms with van der Waals surface area (Å²) in [5.74, 6) is 3.41. The summed E-state index contributed by atoms with van der Waals surface area (Å²) in [7, 11) is 0. The molecule has 1 rings (SSSR count). The predicted molar refractivity (Wildman–Crippen MR) is 76.8 cm³/mol. The molecular formula is C16H23NO. The van der Waals surface area contributed by atoms with Crippen LogP contribution in [0.4, 0.5) is 0 Å². The fraction of sp³-hybridized carbons (Fsp3) is 0.500. The summed E-state index contributed by atoms with van der Waals surface area (Å²) >= 11 is 0. The zero-order valence-corrected chi connectivity index (χ0v) is 12.1. The maximum Gasteiger partial charge on any atom is 0.148 e. The fourth-order valence-electron chi connectivity index (χ4n) is 1.85. The maximum absolute atomic E-state index is 5.56. The van der Waals surface area contributed by atoms with Crippen LogP contribution in [-0.2, 0) is 6.54 Å². The highest BCUT2D eigenvalue weighted by Gasteiger charge is 2.10. The van der Waals surface area contributed by atoms with Gasteiger partial charge in [0.2, 0.25) is 0 Å². The molecule has 1 aromatic carbocycles. The van der Waals surface area contributed by atoms with Gasteiger partial charge in [0.05, 0.1) is 0 Å². The monoisotopic (exact) mass is 245 g/mol. The Bertz CT molecular complexity index is 426. The molecule has 0 atom stereocenters. The van der Waals surface area contributed by atoms with Crippen LogP contribution in [0.5, 0.6) is 5.75 Å². The molecule has 0 heterocycles. The molecule has 0 fully saturated rings. The van der Waals surface area contributed by atoms with Crippen molar-refractivity contribution in [2.24, 2.45) is 0 Å². The highest BCUT2D eigenvalue weighted by molar-refractivity contribution is 5.43. The predicted octanol–water partition coefficient (Wildman–Crippen LogP) is 3.20. The Morgan fingerprint density at radius 3 is 2.22 bits per heavy atom. The average Bonchev–Trinajstić information content (AvgIpc) is 2.24. The smallest absolute Gasteiger partial charge is 0.148 e. The standard InChI is InChI=1S/C16H23NO/c1-7-8-18-15-12(2)9-14(10-13(15)3)11-17-16(4,5)6/h1,9-10,17H,8,11H2,2-6H3. The lowest BCUT2D eigenvalue weighted by molar-refractivity contribution is 0.364. The largest absolute Gasteiger partial charge is 0.480 e. The van der Waals surface area contributed by atoms with Crippen LogP contribution in [0.2, 0.25) is 0 Å². The summed E-state index contributed by atoms with van der Waals surface area (Å²) in [6.07, 6.45) is 5.22. The molecular weight excluding hydrogens is 222 g/mol. The van der Waals surface area contributed by atoms with Crippen LogP contribution >= 0.6 is 0 Å². The summed E-state index contributed by atoms with van der Waals surface area (Å²) in [6, 6.07) is 4.30. The van der Waals surface area contributed by atoms with Gasteiger partial charge in [-0.25, -0.2) is 0 Å². The molecule has 0 aromatic heterocycles. The van der Waals surface area contributed by atoms with E-state index in [1.165, 1.54) is 5.56 Å². The zero-order valence-electron chi connectivity index (χ0n) is 12.1. The van der Waals surface area contributed by atoms with Gasteiger partial charge in [-0.1, -0.05) is 18.1 Å². The number of nitrogens with one attached hydrogen (secondary N) is 1. The second-order valence-corrected chi connectivity index (χ2v) is 5.66. The Morgan fingerprint density at radius 1 is 1.22 bits per heavy atom. The average molecular weight is 245 g/mol. The van der Waals surface area contributed by atoms with Crippen molar-refractivity contribution in [3.63, 3.8) is 0 Å². The van der Waals surface area contributed by atoms with E-state index in [4.69, 9.17) is 11.2 Å². The van der Waals surface area contributed by atoms with Gasteiger partial charge < -0.3 is 10.1 Å². The van der Waals surface area contributed by atoms with Crippen molar-refractivity contribution in [2.45, 2.75) is 46.7 Å². The molecule has 0 aliphatic rings. The van der Waals surface area contributed by atoms with E-state index in [2.05, 4.69) is 58.0 Å². The van der Waals surface area contributed by atoms with E-state index in [0.717, 1.165) is 23.4 Å². The fourth-order valence-corrected chi connectivity index (χ4v) is 1.85. The van der Waals surface area contributed by atoms with E-state index < -0.39 is 0 Å². The van der Waals surface area contributed by atoms with Gasteiger partial charge >= 0.3 is 0 Å². The molecule has 2 nitrogen and oxygen atoms in total. The second kappa shape index (κ2) is 5.93. The molecule has 18 heavy (non-hydrogen) atoms. The first-order valence-electron chi connectivity index (χ1n) is 6.25. The van der Waals surface area contributed by atoms with Crippen LogP contribution in [0.3, 0.4) is 0 Å². The Hall–Kier alpha value is -1.46. The summed E-state index contributed by atoms with van der Waals surface area (Å²) in [6.45, 7) is 11.8. The molecule has 0 bridgehead atoms. The third-order valence-electron chi connectivity index (χ3n) is 2.64. The SMILES string of the molecule is C#CCOc1c(C)cc(CNC(C)(C)C)cc1C. The summed E-state index contributed by atoms with van der Waals surface area (Å²) in [4.78, 5) is 0. The Kier molecular flexibility index (Phi) is 4.81. The summed E-state index contributed by atoms with van der Waals surface area (Å²) in [5.41, 5.74) is 3.67. The summed E-state index contributed by atoms with van der Waals surface area (Å²) < 4.78 is 5.56. The van der Waals surface area contributed by atoms with Gasteiger partial charge in [0.1, 0.15) is 12.4 Å². The highest BCUT2D eigenvalue weighted by Crippen LogP contribution is 2.25. The van der Waals surface area contributed by atoms with Crippen molar-refractivity contribution < 1.29 is 4.74 Å². The third-order valence-corrected chi connectivity index (χ3v) is 2.64. The van der Waals surface area contributed by atoms with Crippen LogP contribution < -0.4 is 10.1 Å². The van der Waals surface area contributed by atoms with E-state index in [0.29, 0.717) is 6.61 Å². The van der Waals surface area contributed by atoms with E-state index >= 15 is 0 Å². The Labute approximate surface area is 111 Å². The minimum atomic E-state index is 0.125. The second-order valence-electron chi connectivity index (χ2n) is 5.66. The van der Waals surface area contributed by atoms with Gasteiger partial charge in [-0.05, 0) is 51.3 Å². The van der Waals surface area contributed by atoms with E-state index in [1.54, 1.807) is 0 Å². The number of aryl methyl sites for hydroxylation is 2. The van der Waals surface area contributed by atoms with Crippen molar-refractivity contribution in [3.05, 3.63) is 28.8 Å². The van der Waals surface area contributed by atoms with Crippen molar-refractivity contribution in [1.82, 2.24) is 5.32 Å². The minimum absolute atomic E-state index is 0.125. The van der Waals surface area contributed by atoms with Crippen LogP contribution in [0.15, 0.2) is 12.1 Å². The summed E-state index contributed by atoms with van der Waals surface area (Å²) in [5, 5.41) is 3.48. The van der Waals surface area contributed by atoms with Crippen molar-refractivity contribution in [3.8, 4) is 18.1 Å². The third kappa shape index (κ3) is 4.43. The van der Waals surface area contributed by atoms with Gasteiger partial charge in [-0.2, -0.15) is 0 Å². The lowest BCUT2D eigenvalue weighted by Crippen LogP contribution is -2.35. The molecule has 0 amide bonds. The van der Waals surface area contributed by atoms with Crippen LogP contribution in [0.1, 0.15) is 37.5 Å². The highest BCUT2D eigenvalue weighted by atomic mass is 16.5. The molecule has 0 saturated carbocycles. The lowest BCUT2D eigenvalue weighted by atomic mass is 10.0. The van der Waals surface area contributed by atoms with E-state index in [9.17, 15) is 0 Å². The van der Waals surface area contributed by atoms with Gasteiger partial charge in [-0.3, -0.25) is 0 Å². The van der Waals surface area contributed by atoms with Gasteiger partial charge in [0.25, 0.3) is 0 Å². The molecule has 0 unspecified atom stereocenters. The van der Waals surface area contributed by atoms with Crippen molar-refractivity contribution in [2.75, 3.05) is 6.61 Å². The number of hydrogen-bond acceptors (Lipinski definition) is 2. The van der Waals surface area contributed by atoms with Crippen molar-refractivity contribution >= 4 is 0 Å². The Balaban J connectivity index is 2.83. The molecule has 0 spiro atoms. The molecule has 0 aliphatic heterocycles. The number of terminal acetylenes is 1. The Morgan fingerprint density at radius 2 is 1.78 bits per heavy atom. The number of rotatable bonds is 4. The van der Waals surface area contributed by atoms with Gasteiger partial charge in [0.15, 0.2) is 0 Å². The van der Waals surface area contributed by atoms with Crippen molar-refractivity contribution in [1.29, 1.82) is 0 Å². The topological polar surface area (TPSA) is 21.3 Å². The molecule has 0 saturated heterocycles. The van der Waals surface area contributed by atoms with E-state index in [-0.39, 0.29) is 5.54 Å². The zero-order chi connectivity index (χ0) is 13.8. The van der Waals surface area contributed by atoms with Gasteiger partial charge in [-0.15, -0.1) is 6.42 Å². The van der Waals surface area contributed by atoms with E-state index in [1.807, 2.05) is 0 Å². The molecule has 2 heteroatoms. The molecule has 98 valence electrons. The number of benzene rings is 1. The molecule has 1 aromatic rings. The quantitative estimate of drug-likeness (QED) is 0.822. The van der Waals surface area contributed by atoms with Crippen LogP contribution in [0.25, 0.3) is 0 Å². The number of ether oxygens (including phenoxy) is 1. The molecule has 0 aliphatic carbocycles. The normalized spacial score (nSPS) is 11.1. The first-order chi connectivity index (χ1) is 8.33. The minimum Gasteiger partial charge on any atom is -0.480 e. The maximum atomic E-state index is 5.56. The van der Waals surface area contributed by atoms with Crippen LogP contribution in [-0.4, -0.2) is 12.1 Å². The lowest BCUT2D eigenvalue weighted by Gasteiger charge is -2.21. The van der Waals surface area contributed by atoms with Gasteiger partial charge in [0, 0.05) is 12.1 Å². The first-order valence-corrected chi connectivity index (χ1v) is 6.25. The number of hydrogen-bond donors (Lipinski definition) is 1. The van der Waals surface area contributed by atoms with Crippen LogP contribution in [0, 0.1) is 26.2 Å².